The van der Waals surface area contributed by atoms with Crippen LogP contribution in [0.15, 0.2) is 18.2 Å². The van der Waals surface area contributed by atoms with Gasteiger partial charge in [-0.25, -0.2) is 4.39 Å². The summed E-state index contributed by atoms with van der Waals surface area (Å²) in [6.07, 6.45) is 5.03. The molecular formula is C14H19FN2O2. The van der Waals surface area contributed by atoms with Crippen LogP contribution in [0.4, 0.5) is 10.1 Å². The number of benzene rings is 1. The zero-order valence-electron chi connectivity index (χ0n) is 11.1. The largest absolute Gasteiger partial charge is 0.310 e. The van der Waals surface area contributed by atoms with Crippen molar-refractivity contribution in [2.45, 2.75) is 45.2 Å². The van der Waals surface area contributed by atoms with E-state index in [1.807, 2.05) is 0 Å². The van der Waals surface area contributed by atoms with E-state index in [2.05, 4.69) is 12.2 Å². The first-order chi connectivity index (χ1) is 9.06. The van der Waals surface area contributed by atoms with Gasteiger partial charge < -0.3 is 5.32 Å². The molecule has 1 aromatic carbocycles. The molecule has 0 unspecified atom stereocenters. The van der Waals surface area contributed by atoms with Crippen molar-refractivity contribution in [3.8, 4) is 0 Å². The summed E-state index contributed by atoms with van der Waals surface area (Å²) in [5.74, 6) is 0.114. The van der Waals surface area contributed by atoms with Gasteiger partial charge in [-0.3, -0.25) is 10.1 Å². The van der Waals surface area contributed by atoms with E-state index in [-0.39, 0.29) is 5.69 Å². The maximum atomic E-state index is 13.3. The number of hydrogen-bond donors (Lipinski definition) is 1. The maximum Gasteiger partial charge on any atom is 0.272 e. The van der Waals surface area contributed by atoms with Gasteiger partial charge in [-0.15, -0.1) is 0 Å². The molecule has 1 saturated carbocycles. The molecule has 0 radical (unpaired) electrons. The summed E-state index contributed by atoms with van der Waals surface area (Å²) in [6, 6.07) is 4.09. The van der Waals surface area contributed by atoms with Crippen LogP contribution in [-0.4, -0.2) is 11.0 Å². The standard InChI is InChI=1S/C14H19FN2O2/c1-10(12-4-2-3-5-12)16-9-11-6-13(15)8-14(7-11)17(18)19/h6-8,10,12,16H,2-5,9H2,1H3/t10-/m0/s1. The summed E-state index contributed by atoms with van der Waals surface area (Å²) >= 11 is 0. The molecule has 1 aliphatic rings. The first kappa shape index (κ1) is 13.9. The smallest absolute Gasteiger partial charge is 0.272 e. The van der Waals surface area contributed by atoms with Crippen LogP contribution in [0.25, 0.3) is 0 Å². The third kappa shape index (κ3) is 3.73. The van der Waals surface area contributed by atoms with Gasteiger partial charge in [0.2, 0.25) is 0 Å². The van der Waals surface area contributed by atoms with Gasteiger partial charge in [-0.1, -0.05) is 12.8 Å². The van der Waals surface area contributed by atoms with Crippen molar-refractivity contribution in [3.63, 3.8) is 0 Å². The Hall–Kier alpha value is -1.49. The number of halogens is 1. The molecule has 0 amide bonds. The van der Waals surface area contributed by atoms with E-state index in [1.54, 1.807) is 0 Å². The van der Waals surface area contributed by atoms with E-state index in [4.69, 9.17) is 0 Å². The predicted octanol–water partition coefficient (Wildman–Crippen LogP) is 3.40. The highest BCUT2D eigenvalue weighted by Crippen LogP contribution is 2.27. The molecule has 19 heavy (non-hydrogen) atoms. The van der Waals surface area contributed by atoms with Gasteiger partial charge in [0.15, 0.2) is 0 Å². The lowest BCUT2D eigenvalue weighted by Gasteiger charge is -2.20. The van der Waals surface area contributed by atoms with E-state index in [1.165, 1.54) is 37.8 Å². The quantitative estimate of drug-likeness (QED) is 0.656. The molecule has 104 valence electrons. The monoisotopic (exact) mass is 266 g/mol. The molecule has 0 bridgehead atoms. The van der Waals surface area contributed by atoms with E-state index in [9.17, 15) is 14.5 Å². The molecule has 1 fully saturated rings. The molecule has 0 aromatic heterocycles. The molecule has 4 nitrogen and oxygen atoms in total. The van der Waals surface area contributed by atoms with E-state index in [0.717, 1.165) is 6.07 Å². The Morgan fingerprint density at radius 2 is 2.11 bits per heavy atom. The van der Waals surface area contributed by atoms with Gasteiger partial charge >= 0.3 is 0 Å². The average molecular weight is 266 g/mol. The third-order valence-electron chi connectivity index (χ3n) is 3.89. The molecule has 1 aromatic rings. The van der Waals surface area contributed by atoms with Gasteiger partial charge in [0.1, 0.15) is 5.82 Å². The Balaban J connectivity index is 1.96. The van der Waals surface area contributed by atoms with Gasteiger partial charge in [-0.05, 0) is 37.3 Å². The molecular weight excluding hydrogens is 247 g/mol. The Morgan fingerprint density at radius 3 is 2.74 bits per heavy atom. The fourth-order valence-corrected chi connectivity index (χ4v) is 2.74. The highest BCUT2D eigenvalue weighted by atomic mass is 19.1. The predicted molar refractivity (Wildman–Crippen MR) is 71.3 cm³/mol. The molecule has 1 N–H and O–H groups in total. The Morgan fingerprint density at radius 1 is 1.42 bits per heavy atom. The molecule has 0 heterocycles. The zero-order valence-corrected chi connectivity index (χ0v) is 11.1. The van der Waals surface area contributed by atoms with Crippen LogP contribution in [0, 0.1) is 21.8 Å². The number of non-ortho nitro benzene ring substituents is 1. The van der Waals surface area contributed by atoms with E-state index in [0.29, 0.717) is 24.1 Å². The first-order valence-corrected chi connectivity index (χ1v) is 6.73. The van der Waals surface area contributed by atoms with Crippen molar-refractivity contribution in [1.82, 2.24) is 5.32 Å². The van der Waals surface area contributed by atoms with Crippen LogP contribution in [0.2, 0.25) is 0 Å². The highest BCUT2D eigenvalue weighted by molar-refractivity contribution is 5.35. The molecule has 1 aliphatic carbocycles. The van der Waals surface area contributed by atoms with Crippen LogP contribution < -0.4 is 5.32 Å². The lowest BCUT2D eigenvalue weighted by atomic mass is 9.99. The van der Waals surface area contributed by atoms with Gasteiger partial charge in [0.25, 0.3) is 5.69 Å². The number of nitrogens with one attached hydrogen (secondary N) is 1. The van der Waals surface area contributed by atoms with Crippen LogP contribution in [-0.2, 0) is 6.54 Å². The summed E-state index contributed by atoms with van der Waals surface area (Å²) < 4.78 is 13.3. The Kier molecular flexibility index (Phi) is 4.47. The molecule has 0 spiro atoms. The van der Waals surface area contributed by atoms with Gasteiger partial charge in [-0.2, -0.15) is 0 Å². The summed E-state index contributed by atoms with van der Waals surface area (Å²) in [7, 11) is 0. The Bertz CT molecular complexity index is 459. The second-order valence-electron chi connectivity index (χ2n) is 5.29. The molecule has 1 atom stereocenters. The molecule has 0 saturated heterocycles. The molecule has 5 heteroatoms. The fourth-order valence-electron chi connectivity index (χ4n) is 2.74. The van der Waals surface area contributed by atoms with Crippen molar-refractivity contribution in [2.75, 3.05) is 0 Å². The summed E-state index contributed by atoms with van der Waals surface area (Å²) in [4.78, 5) is 10.1. The Labute approximate surface area is 112 Å². The van der Waals surface area contributed by atoms with Crippen molar-refractivity contribution in [1.29, 1.82) is 0 Å². The average Bonchev–Trinajstić information content (AvgIpc) is 2.89. The lowest BCUT2D eigenvalue weighted by Crippen LogP contribution is -2.31. The first-order valence-electron chi connectivity index (χ1n) is 6.73. The third-order valence-corrected chi connectivity index (χ3v) is 3.89. The second kappa shape index (κ2) is 6.10. The topological polar surface area (TPSA) is 55.2 Å². The highest BCUT2D eigenvalue weighted by Gasteiger charge is 2.21. The van der Waals surface area contributed by atoms with Crippen LogP contribution >= 0.6 is 0 Å². The van der Waals surface area contributed by atoms with Crippen molar-refractivity contribution < 1.29 is 9.31 Å². The SMILES string of the molecule is C[C@H](NCc1cc(F)cc([N+](=O)[O-])c1)C1CCCC1. The minimum Gasteiger partial charge on any atom is -0.310 e. The summed E-state index contributed by atoms with van der Waals surface area (Å²) in [5.41, 5.74) is 0.432. The lowest BCUT2D eigenvalue weighted by molar-refractivity contribution is -0.385. The number of nitro groups is 1. The minimum atomic E-state index is -0.563. The van der Waals surface area contributed by atoms with Crippen LogP contribution in [0.5, 0.6) is 0 Å². The fraction of sp³-hybridized carbons (Fsp3) is 0.571. The van der Waals surface area contributed by atoms with Crippen molar-refractivity contribution in [3.05, 3.63) is 39.7 Å². The van der Waals surface area contributed by atoms with Crippen molar-refractivity contribution >= 4 is 5.69 Å². The molecule has 2 rings (SSSR count). The van der Waals surface area contributed by atoms with Gasteiger partial charge in [0.05, 0.1) is 11.0 Å². The van der Waals surface area contributed by atoms with E-state index < -0.39 is 10.7 Å². The number of hydrogen-bond acceptors (Lipinski definition) is 3. The molecule has 0 aliphatic heterocycles. The number of rotatable bonds is 5. The number of nitrogens with zero attached hydrogens (tertiary/aromatic N) is 1. The summed E-state index contributed by atoms with van der Waals surface area (Å²) in [5, 5.41) is 14.0. The zero-order chi connectivity index (χ0) is 13.8. The minimum absolute atomic E-state index is 0.190. The second-order valence-corrected chi connectivity index (χ2v) is 5.29. The maximum absolute atomic E-state index is 13.3. The van der Waals surface area contributed by atoms with Crippen LogP contribution in [0.3, 0.4) is 0 Å². The van der Waals surface area contributed by atoms with E-state index >= 15 is 0 Å². The van der Waals surface area contributed by atoms with Crippen molar-refractivity contribution in [2.24, 2.45) is 5.92 Å². The summed E-state index contributed by atoms with van der Waals surface area (Å²) in [6.45, 7) is 2.60. The number of nitro benzene ring substituents is 1. The normalized spacial score (nSPS) is 17.6. The van der Waals surface area contributed by atoms with Gasteiger partial charge in [0, 0.05) is 18.7 Å². The van der Waals surface area contributed by atoms with Crippen LogP contribution in [0.1, 0.15) is 38.2 Å².